The van der Waals surface area contributed by atoms with Crippen LogP contribution in [0, 0.1) is 5.92 Å². The molecule has 6 nitrogen and oxygen atoms in total. The molecule has 1 heterocycles. The number of amides is 2. The summed E-state index contributed by atoms with van der Waals surface area (Å²) in [5.74, 6) is -0.203. The number of nitrogens with two attached hydrogens (primary N) is 1. The fourth-order valence-corrected chi connectivity index (χ4v) is 3.66. The van der Waals surface area contributed by atoms with E-state index in [4.69, 9.17) is 5.73 Å². The molecule has 0 saturated heterocycles. The number of rotatable bonds is 5. The van der Waals surface area contributed by atoms with Crippen molar-refractivity contribution in [3.05, 3.63) is 46.4 Å². The number of pyridine rings is 1. The van der Waals surface area contributed by atoms with E-state index in [9.17, 15) is 14.4 Å². The fraction of sp³-hybridized carbons (Fsp3) is 0.450. The van der Waals surface area contributed by atoms with Gasteiger partial charge in [0.15, 0.2) is 0 Å². The highest BCUT2D eigenvalue weighted by atomic mass is 16.2. The third-order valence-corrected chi connectivity index (χ3v) is 5.32. The first-order valence-corrected chi connectivity index (χ1v) is 9.20. The normalized spacial score (nSPS) is 16.3. The largest absolute Gasteiger partial charge is 0.368 e. The summed E-state index contributed by atoms with van der Waals surface area (Å²) < 4.78 is 1.30. The van der Waals surface area contributed by atoms with E-state index in [0.29, 0.717) is 28.8 Å². The van der Waals surface area contributed by atoms with Crippen molar-refractivity contribution >= 4 is 22.6 Å². The summed E-state index contributed by atoms with van der Waals surface area (Å²) >= 11 is 0. The molecule has 1 aliphatic rings. The van der Waals surface area contributed by atoms with Crippen molar-refractivity contribution in [1.29, 1.82) is 0 Å². The smallest absolute Gasteiger partial charge is 0.259 e. The van der Waals surface area contributed by atoms with Crippen LogP contribution in [0.2, 0.25) is 0 Å². The van der Waals surface area contributed by atoms with Crippen molar-refractivity contribution in [2.45, 2.75) is 45.1 Å². The lowest BCUT2D eigenvalue weighted by Gasteiger charge is -2.22. The highest BCUT2D eigenvalue weighted by molar-refractivity contribution is 6.06. The standard InChI is InChI=1S/C20H25N3O3/c1-13(18(21)24)23-11-10-15-16(8-5-9-17(15)20(23)26)19(25)22-12-14-6-3-2-4-7-14/h5,8-11,13-14H,2-4,6-7,12H2,1H3,(H2,21,24)(H,22,25). The molecule has 0 spiro atoms. The van der Waals surface area contributed by atoms with E-state index in [-0.39, 0.29) is 11.5 Å². The van der Waals surface area contributed by atoms with Gasteiger partial charge in [-0.2, -0.15) is 0 Å². The Bertz CT molecular complexity index is 881. The number of hydrogen-bond acceptors (Lipinski definition) is 3. The second kappa shape index (κ2) is 7.72. The number of nitrogens with one attached hydrogen (secondary N) is 1. The van der Waals surface area contributed by atoms with Gasteiger partial charge in [-0.05, 0) is 43.9 Å². The molecule has 1 unspecified atom stereocenters. The molecule has 138 valence electrons. The summed E-state index contributed by atoms with van der Waals surface area (Å²) in [5, 5.41) is 4.01. The first kappa shape index (κ1) is 18.2. The molecule has 0 bridgehead atoms. The van der Waals surface area contributed by atoms with Crippen LogP contribution in [0.4, 0.5) is 0 Å². The topological polar surface area (TPSA) is 94.2 Å². The van der Waals surface area contributed by atoms with E-state index in [0.717, 1.165) is 12.8 Å². The maximum atomic E-state index is 12.7. The number of nitrogens with zero attached hydrogens (tertiary/aromatic N) is 1. The lowest BCUT2D eigenvalue weighted by molar-refractivity contribution is -0.120. The Hall–Kier alpha value is -2.63. The zero-order valence-corrected chi connectivity index (χ0v) is 15.0. The predicted molar refractivity (Wildman–Crippen MR) is 101 cm³/mol. The second-order valence-corrected chi connectivity index (χ2v) is 7.09. The Morgan fingerprint density at radius 2 is 1.92 bits per heavy atom. The Balaban J connectivity index is 1.87. The summed E-state index contributed by atoms with van der Waals surface area (Å²) in [7, 11) is 0. The summed E-state index contributed by atoms with van der Waals surface area (Å²) in [4.78, 5) is 36.7. The molecule has 1 atom stereocenters. The fourth-order valence-electron chi connectivity index (χ4n) is 3.66. The third-order valence-electron chi connectivity index (χ3n) is 5.32. The van der Waals surface area contributed by atoms with E-state index in [1.54, 1.807) is 31.2 Å². The van der Waals surface area contributed by atoms with Crippen molar-refractivity contribution in [2.24, 2.45) is 11.7 Å². The number of aromatic nitrogens is 1. The van der Waals surface area contributed by atoms with E-state index in [1.807, 2.05) is 0 Å². The van der Waals surface area contributed by atoms with Gasteiger partial charge < -0.3 is 15.6 Å². The van der Waals surface area contributed by atoms with Crippen LogP contribution >= 0.6 is 0 Å². The van der Waals surface area contributed by atoms with Crippen molar-refractivity contribution in [1.82, 2.24) is 9.88 Å². The molecule has 1 aromatic carbocycles. The van der Waals surface area contributed by atoms with Crippen LogP contribution in [0.15, 0.2) is 35.3 Å². The van der Waals surface area contributed by atoms with Crippen LogP contribution in [0.5, 0.6) is 0 Å². The monoisotopic (exact) mass is 355 g/mol. The molecule has 6 heteroatoms. The summed E-state index contributed by atoms with van der Waals surface area (Å²) in [5.41, 5.74) is 5.46. The number of benzene rings is 1. The van der Waals surface area contributed by atoms with Crippen LogP contribution in [0.1, 0.15) is 55.4 Å². The Morgan fingerprint density at radius 3 is 2.62 bits per heavy atom. The lowest BCUT2D eigenvalue weighted by Crippen LogP contribution is -2.32. The molecule has 3 rings (SSSR count). The highest BCUT2D eigenvalue weighted by Crippen LogP contribution is 2.23. The molecule has 26 heavy (non-hydrogen) atoms. The van der Waals surface area contributed by atoms with Crippen LogP contribution in [-0.4, -0.2) is 22.9 Å². The number of hydrogen-bond donors (Lipinski definition) is 2. The van der Waals surface area contributed by atoms with E-state index in [2.05, 4.69) is 5.32 Å². The molecule has 1 aliphatic carbocycles. The van der Waals surface area contributed by atoms with Gasteiger partial charge in [0.05, 0.1) is 0 Å². The van der Waals surface area contributed by atoms with Crippen molar-refractivity contribution < 1.29 is 9.59 Å². The minimum atomic E-state index is -0.740. The number of primary amides is 1. The van der Waals surface area contributed by atoms with Crippen LogP contribution < -0.4 is 16.6 Å². The average Bonchev–Trinajstić information content (AvgIpc) is 2.66. The first-order chi connectivity index (χ1) is 12.5. The van der Waals surface area contributed by atoms with Crippen LogP contribution in [-0.2, 0) is 4.79 Å². The van der Waals surface area contributed by atoms with Gasteiger partial charge in [-0.1, -0.05) is 25.3 Å². The molecule has 1 saturated carbocycles. The van der Waals surface area contributed by atoms with Gasteiger partial charge in [-0.15, -0.1) is 0 Å². The molecule has 1 fully saturated rings. The zero-order chi connectivity index (χ0) is 18.7. The average molecular weight is 355 g/mol. The van der Waals surface area contributed by atoms with Gasteiger partial charge in [0.2, 0.25) is 5.91 Å². The van der Waals surface area contributed by atoms with Crippen LogP contribution in [0.3, 0.4) is 0 Å². The van der Waals surface area contributed by atoms with Crippen LogP contribution in [0.25, 0.3) is 10.8 Å². The van der Waals surface area contributed by atoms with Crippen molar-refractivity contribution in [3.8, 4) is 0 Å². The molecular weight excluding hydrogens is 330 g/mol. The number of carbonyl (C=O) groups excluding carboxylic acids is 2. The minimum Gasteiger partial charge on any atom is -0.368 e. The van der Waals surface area contributed by atoms with Gasteiger partial charge in [-0.3, -0.25) is 14.4 Å². The second-order valence-electron chi connectivity index (χ2n) is 7.09. The van der Waals surface area contributed by atoms with E-state index >= 15 is 0 Å². The summed E-state index contributed by atoms with van der Waals surface area (Å²) in [6, 6.07) is 6.04. The molecule has 0 aliphatic heterocycles. The Labute approximate surface area is 152 Å². The maximum absolute atomic E-state index is 12.7. The van der Waals surface area contributed by atoms with E-state index in [1.165, 1.54) is 30.0 Å². The minimum absolute atomic E-state index is 0.165. The molecule has 0 radical (unpaired) electrons. The first-order valence-electron chi connectivity index (χ1n) is 9.20. The quantitative estimate of drug-likeness (QED) is 0.862. The number of carbonyl (C=O) groups is 2. The van der Waals surface area contributed by atoms with Gasteiger partial charge in [-0.25, -0.2) is 0 Å². The zero-order valence-electron chi connectivity index (χ0n) is 15.0. The Kier molecular flexibility index (Phi) is 5.40. The third kappa shape index (κ3) is 3.64. The van der Waals surface area contributed by atoms with Gasteiger partial charge in [0.25, 0.3) is 11.5 Å². The lowest BCUT2D eigenvalue weighted by atomic mass is 9.89. The molecule has 1 aromatic heterocycles. The van der Waals surface area contributed by atoms with Gasteiger partial charge >= 0.3 is 0 Å². The SMILES string of the molecule is CC(C(N)=O)n1ccc2c(C(=O)NCC3CCCCC3)cccc2c1=O. The highest BCUT2D eigenvalue weighted by Gasteiger charge is 2.18. The molecule has 2 aromatic rings. The van der Waals surface area contributed by atoms with Crippen molar-refractivity contribution in [3.63, 3.8) is 0 Å². The maximum Gasteiger partial charge on any atom is 0.259 e. The Morgan fingerprint density at radius 1 is 1.19 bits per heavy atom. The van der Waals surface area contributed by atoms with E-state index < -0.39 is 11.9 Å². The van der Waals surface area contributed by atoms with Gasteiger partial charge in [0, 0.05) is 29.1 Å². The summed E-state index contributed by atoms with van der Waals surface area (Å²) in [6.07, 6.45) is 7.58. The van der Waals surface area contributed by atoms with Gasteiger partial charge in [0.1, 0.15) is 6.04 Å². The molecular formula is C20H25N3O3. The molecule has 2 amide bonds. The number of fused-ring (bicyclic) bond motifs is 1. The molecule has 3 N–H and O–H groups in total. The summed E-state index contributed by atoms with van der Waals surface area (Å²) in [6.45, 7) is 2.25. The predicted octanol–water partition coefficient (Wildman–Crippen LogP) is 2.36. The van der Waals surface area contributed by atoms with Crippen molar-refractivity contribution in [2.75, 3.05) is 6.54 Å².